The van der Waals surface area contributed by atoms with Gasteiger partial charge >= 0.3 is 0 Å². The third-order valence-electron chi connectivity index (χ3n) is 7.99. The average molecular weight is 546 g/mol. The highest BCUT2D eigenvalue weighted by molar-refractivity contribution is 6.10. The second-order valence-electron chi connectivity index (χ2n) is 10.5. The SMILES string of the molecule is COc1ccc(N2C(=O)[C@@H](C)N([C@H]3CC[C@@H](C)CC3)c3nc(Nc4cc(F)c5[nH]ncc5c4)ncc32)cc1OC. The highest BCUT2D eigenvalue weighted by atomic mass is 19.1. The molecule has 1 atom stereocenters. The molecule has 0 unspecified atom stereocenters. The molecule has 0 bridgehead atoms. The van der Waals surface area contributed by atoms with Gasteiger partial charge in [-0.15, -0.1) is 0 Å². The van der Waals surface area contributed by atoms with Gasteiger partial charge in [-0.1, -0.05) is 6.92 Å². The normalized spacial score (nSPS) is 20.9. The van der Waals surface area contributed by atoms with E-state index in [9.17, 15) is 9.18 Å². The van der Waals surface area contributed by atoms with E-state index in [4.69, 9.17) is 14.5 Å². The van der Waals surface area contributed by atoms with Crippen molar-refractivity contribution in [2.24, 2.45) is 5.92 Å². The highest BCUT2D eigenvalue weighted by Gasteiger charge is 2.42. The molecule has 1 fully saturated rings. The molecule has 208 valence electrons. The van der Waals surface area contributed by atoms with E-state index in [-0.39, 0.29) is 11.9 Å². The van der Waals surface area contributed by atoms with Crippen LogP contribution in [0, 0.1) is 11.7 Å². The Hall–Kier alpha value is -4.41. The Bertz CT molecular complexity index is 1570. The van der Waals surface area contributed by atoms with Gasteiger partial charge in [-0.2, -0.15) is 10.1 Å². The summed E-state index contributed by atoms with van der Waals surface area (Å²) >= 11 is 0. The average Bonchev–Trinajstić information content (AvgIpc) is 3.44. The van der Waals surface area contributed by atoms with Crippen molar-refractivity contribution in [3.05, 3.63) is 48.5 Å². The molecule has 1 saturated carbocycles. The van der Waals surface area contributed by atoms with Gasteiger partial charge in [-0.3, -0.25) is 14.8 Å². The molecule has 6 rings (SSSR count). The van der Waals surface area contributed by atoms with Gasteiger partial charge in [-0.05, 0) is 62.8 Å². The summed E-state index contributed by atoms with van der Waals surface area (Å²) in [6, 6.07) is 8.25. The fourth-order valence-corrected chi connectivity index (χ4v) is 5.84. The van der Waals surface area contributed by atoms with Crippen LogP contribution in [0.4, 0.5) is 33.2 Å². The van der Waals surface area contributed by atoms with Crippen molar-refractivity contribution in [2.45, 2.75) is 51.6 Å². The van der Waals surface area contributed by atoms with Gasteiger partial charge in [0.2, 0.25) is 5.95 Å². The van der Waals surface area contributed by atoms with Crippen LogP contribution in [-0.2, 0) is 4.79 Å². The number of benzene rings is 2. The van der Waals surface area contributed by atoms with Crippen LogP contribution < -0.4 is 24.6 Å². The summed E-state index contributed by atoms with van der Waals surface area (Å²) in [5, 5.41) is 10.4. The summed E-state index contributed by atoms with van der Waals surface area (Å²) in [5.41, 5.74) is 2.05. The van der Waals surface area contributed by atoms with Crippen molar-refractivity contribution in [3.8, 4) is 11.5 Å². The highest BCUT2D eigenvalue weighted by Crippen LogP contribution is 2.44. The standard InChI is InChI=1S/C29H32FN7O3/c1-16-5-7-20(8-6-16)36-17(2)28(38)37(21-9-10-24(39-3)25(13-21)40-4)23-15-31-29(34-27(23)36)33-19-11-18-14-32-35-26(18)22(30)12-19/h9-17,20H,5-8H2,1-4H3,(H,32,35)(H,31,33,34)/t16-,17-,20+/m1/s1. The van der Waals surface area contributed by atoms with Crippen LogP contribution in [-0.4, -0.2) is 52.4 Å². The smallest absolute Gasteiger partial charge is 0.254 e. The number of amides is 1. The number of H-pyrrole nitrogens is 1. The molecule has 3 heterocycles. The first-order chi connectivity index (χ1) is 19.4. The van der Waals surface area contributed by atoms with Crippen LogP contribution in [0.25, 0.3) is 10.9 Å². The van der Waals surface area contributed by atoms with E-state index in [0.29, 0.717) is 57.1 Å². The quantitative estimate of drug-likeness (QED) is 0.317. The number of ether oxygens (including phenoxy) is 2. The Morgan fingerprint density at radius 2 is 1.80 bits per heavy atom. The summed E-state index contributed by atoms with van der Waals surface area (Å²) < 4.78 is 25.5. The minimum absolute atomic E-state index is 0.0740. The van der Waals surface area contributed by atoms with Crippen molar-refractivity contribution in [3.63, 3.8) is 0 Å². The van der Waals surface area contributed by atoms with Crippen molar-refractivity contribution < 1.29 is 18.7 Å². The molecule has 1 aliphatic heterocycles. The summed E-state index contributed by atoms with van der Waals surface area (Å²) in [6.45, 7) is 4.20. The maximum absolute atomic E-state index is 14.6. The monoisotopic (exact) mass is 545 g/mol. The Morgan fingerprint density at radius 3 is 2.55 bits per heavy atom. The molecule has 11 heteroatoms. The zero-order valence-electron chi connectivity index (χ0n) is 22.9. The maximum atomic E-state index is 14.6. The number of rotatable bonds is 6. The minimum Gasteiger partial charge on any atom is -0.493 e. The van der Waals surface area contributed by atoms with E-state index in [1.807, 2.05) is 13.0 Å². The summed E-state index contributed by atoms with van der Waals surface area (Å²) in [4.78, 5) is 27.2. The van der Waals surface area contributed by atoms with Crippen LogP contribution in [0.3, 0.4) is 0 Å². The van der Waals surface area contributed by atoms with Crippen LogP contribution in [0.2, 0.25) is 0 Å². The van der Waals surface area contributed by atoms with Crippen molar-refractivity contribution in [1.29, 1.82) is 0 Å². The number of hydrogen-bond acceptors (Lipinski definition) is 8. The number of methoxy groups -OCH3 is 2. The predicted octanol–water partition coefficient (Wildman–Crippen LogP) is 5.70. The first-order valence-electron chi connectivity index (χ1n) is 13.5. The van der Waals surface area contributed by atoms with E-state index in [2.05, 4.69) is 32.3 Å². The Kier molecular flexibility index (Phi) is 6.65. The molecule has 2 aromatic carbocycles. The van der Waals surface area contributed by atoms with Crippen molar-refractivity contribution in [1.82, 2.24) is 20.2 Å². The molecule has 2 N–H and O–H groups in total. The topological polar surface area (TPSA) is 109 Å². The lowest BCUT2D eigenvalue weighted by Crippen LogP contribution is -2.55. The fourth-order valence-electron chi connectivity index (χ4n) is 5.84. The van der Waals surface area contributed by atoms with Gasteiger partial charge in [-0.25, -0.2) is 9.37 Å². The predicted molar refractivity (Wildman–Crippen MR) is 151 cm³/mol. The number of aromatic amines is 1. The van der Waals surface area contributed by atoms with E-state index < -0.39 is 11.9 Å². The Morgan fingerprint density at radius 1 is 1.02 bits per heavy atom. The van der Waals surface area contributed by atoms with Crippen LogP contribution >= 0.6 is 0 Å². The third-order valence-corrected chi connectivity index (χ3v) is 7.99. The van der Waals surface area contributed by atoms with Gasteiger partial charge in [0.1, 0.15) is 17.2 Å². The van der Waals surface area contributed by atoms with Crippen molar-refractivity contribution >= 4 is 45.6 Å². The molecule has 1 aliphatic carbocycles. The summed E-state index contributed by atoms with van der Waals surface area (Å²) in [6.07, 6.45) is 7.36. The lowest BCUT2D eigenvalue weighted by atomic mass is 9.85. The van der Waals surface area contributed by atoms with E-state index in [1.165, 1.54) is 6.07 Å². The summed E-state index contributed by atoms with van der Waals surface area (Å²) in [5.74, 6) is 2.21. The third kappa shape index (κ3) is 4.44. The number of hydrogen-bond donors (Lipinski definition) is 2. The van der Waals surface area contributed by atoms with Gasteiger partial charge in [0, 0.05) is 23.2 Å². The Balaban J connectivity index is 1.44. The first-order valence-corrected chi connectivity index (χ1v) is 13.5. The van der Waals surface area contributed by atoms with Crippen LogP contribution in [0.1, 0.15) is 39.5 Å². The molecule has 1 amide bonds. The van der Waals surface area contributed by atoms with Gasteiger partial charge in [0.15, 0.2) is 23.1 Å². The van der Waals surface area contributed by atoms with Crippen molar-refractivity contribution in [2.75, 3.05) is 29.3 Å². The number of nitrogens with zero attached hydrogens (tertiary/aromatic N) is 5. The van der Waals surface area contributed by atoms with E-state index in [1.54, 1.807) is 49.7 Å². The number of aromatic nitrogens is 4. The maximum Gasteiger partial charge on any atom is 0.254 e. The van der Waals surface area contributed by atoms with Crippen LogP contribution in [0.5, 0.6) is 11.5 Å². The van der Waals surface area contributed by atoms with E-state index in [0.717, 1.165) is 25.7 Å². The zero-order valence-corrected chi connectivity index (χ0v) is 22.9. The molecular weight excluding hydrogens is 513 g/mol. The van der Waals surface area contributed by atoms with E-state index >= 15 is 0 Å². The molecule has 2 aliphatic rings. The Labute approximate surface area is 231 Å². The molecule has 40 heavy (non-hydrogen) atoms. The fraction of sp³-hybridized carbons (Fsp3) is 0.379. The molecule has 0 radical (unpaired) electrons. The molecule has 2 aromatic heterocycles. The lowest BCUT2D eigenvalue weighted by molar-refractivity contribution is -0.119. The van der Waals surface area contributed by atoms with Crippen LogP contribution in [0.15, 0.2) is 42.7 Å². The number of nitrogens with one attached hydrogen (secondary N) is 2. The lowest BCUT2D eigenvalue weighted by Gasteiger charge is -2.46. The second-order valence-corrected chi connectivity index (χ2v) is 10.5. The summed E-state index contributed by atoms with van der Waals surface area (Å²) in [7, 11) is 3.13. The first kappa shape index (κ1) is 25.8. The number of carbonyl (C=O) groups excluding carboxylic acids is 1. The van der Waals surface area contributed by atoms with Gasteiger partial charge < -0.3 is 19.7 Å². The minimum atomic E-state index is -0.457. The molecule has 4 aromatic rings. The number of fused-ring (bicyclic) bond motifs is 2. The molecular formula is C29H32FN7O3. The number of halogens is 1. The van der Waals surface area contributed by atoms with Gasteiger partial charge in [0.25, 0.3) is 5.91 Å². The largest absolute Gasteiger partial charge is 0.493 e. The second kappa shape index (κ2) is 10.3. The molecule has 10 nitrogen and oxygen atoms in total. The molecule has 0 spiro atoms. The number of anilines is 5. The molecule has 0 saturated heterocycles. The number of carbonyl (C=O) groups is 1. The van der Waals surface area contributed by atoms with Gasteiger partial charge in [0.05, 0.1) is 32.3 Å². The zero-order chi connectivity index (χ0) is 28.0.